The van der Waals surface area contributed by atoms with Crippen LogP contribution in [0.4, 0.5) is 0 Å². The lowest BCUT2D eigenvalue weighted by Crippen LogP contribution is -2.78. The predicted molar refractivity (Wildman–Crippen MR) is 103 cm³/mol. The largest absolute Gasteiger partial charge is 0.497 e. The number of carbonyl (C=O) groups excluding carboxylic acids is 2. The van der Waals surface area contributed by atoms with E-state index < -0.39 is 23.1 Å². The second-order valence-corrected chi connectivity index (χ2v) is 7.15. The number of hydrogen-bond acceptors (Lipinski definition) is 7. The number of allylic oxidation sites excluding steroid dienone is 2. The summed E-state index contributed by atoms with van der Waals surface area (Å²) in [5.41, 5.74) is 10.5. The lowest BCUT2D eigenvalue weighted by atomic mass is 9.73. The quantitative estimate of drug-likeness (QED) is 0.477. The molecule has 8 nitrogen and oxygen atoms in total. The summed E-state index contributed by atoms with van der Waals surface area (Å²) in [6, 6.07) is 1.62. The molecule has 0 saturated heterocycles. The number of fused-ring (bicyclic) bond motifs is 1. The Kier molecular flexibility index (Phi) is 5.62. The number of amides is 1. The molecular formula is C20H27N3O5. The van der Waals surface area contributed by atoms with Gasteiger partial charge in [-0.05, 0) is 56.9 Å². The Balaban J connectivity index is 1.89. The summed E-state index contributed by atoms with van der Waals surface area (Å²) in [5, 5.41) is 3.47. The zero-order chi connectivity index (χ0) is 20.4. The van der Waals surface area contributed by atoms with Crippen molar-refractivity contribution in [1.82, 2.24) is 5.32 Å². The van der Waals surface area contributed by atoms with E-state index in [0.717, 1.165) is 18.1 Å². The van der Waals surface area contributed by atoms with Gasteiger partial charge in [0, 0.05) is 5.22 Å². The van der Waals surface area contributed by atoms with Crippen molar-refractivity contribution < 1.29 is 23.5 Å². The number of furan rings is 1. The lowest BCUT2D eigenvalue weighted by molar-refractivity contribution is -0.155. The van der Waals surface area contributed by atoms with Crippen molar-refractivity contribution in [2.24, 2.45) is 11.5 Å². The second-order valence-electron chi connectivity index (χ2n) is 7.15. The van der Waals surface area contributed by atoms with Crippen LogP contribution in [0.2, 0.25) is 0 Å². The van der Waals surface area contributed by atoms with Crippen LogP contribution in [0.25, 0.3) is 12.2 Å². The first-order chi connectivity index (χ1) is 13.3. The Hall–Kier alpha value is -2.58. The van der Waals surface area contributed by atoms with Crippen LogP contribution in [-0.2, 0) is 14.3 Å². The molecule has 8 heteroatoms. The van der Waals surface area contributed by atoms with Gasteiger partial charge in [-0.2, -0.15) is 0 Å². The fraction of sp³-hybridized carbons (Fsp3) is 0.500. The molecule has 1 amide bonds. The standard InChI is InChI=1S/C20H27N3O5/c1-3-27-18(25)19(21)9-4-5-10-20(19,22)23-17(24)16-12-13-11-14(26-2)7-6-8-15(13)28-16/h7-8,11-12H,3-6,9-10,21-22H2,1-2H3,(H,23,24)/t19-,20-/m1/s1. The van der Waals surface area contributed by atoms with E-state index in [4.69, 9.17) is 25.4 Å². The van der Waals surface area contributed by atoms with Crippen LogP contribution in [0.5, 0.6) is 0 Å². The predicted octanol–water partition coefficient (Wildman–Crippen LogP) is -0.00600. The molecule has 1 aromatic rings. The molecule has 28 heavy (non-hydrogen) atoms. The van der Waals surface area contributed by atoms with Crippen molar-refractivity contribution in [2.45, 2.75) is 50.2 Å². The molecule has 1 fully saturated rings. The van der Waals surface area contributed by atoms with Crippen molar-refractivity contribution in [3.8, 4) is 0 Å². The molecule has 152 valence electrons. The van der Waals surface area contributed by atoms with Gasteiger partial charge in [-0.1, -0.05) is 6.42 Å². The first kappa shape index (κ1) is 20.2. The van der Waals surface area contributed by atoms with E-state index >= 15 is 0 Å². The Bertz CT molecular complexity index is 919. The van der Waals surface area contributed by atoms with Gasteiger partial charge in [0.05, 0.1) is 13.7 Å². The molecule has 0 radical (unpaired) electrons. The first-order valence-electron chi connectivity index (χ1n) is 9.46. The van der Waals surface area contributed by atoms with Crippen LogP contribution in [0.15, 0.2) is 22.3 Å². The van der Waals surface area contributed by atoms with Gasteiger partial charge in [-0.25, -0.2) is 4.79 Å². The number of carbonyl (C=O) groups is 2. The van der Waals surface area contributed by atoms with Crippen molar-refractivity contribution in [1.29, 1.82) is 0 Å². The van der Waals surface area contributed by atoms with E-state index in [0.29, 0.717) is 30.4 Å². The summed E-state index contributed by atoms with van der Waals surface area (Å²) >= 11 is 0. The first-order valence-corrected chi connectivity index (χ1v) is 9.46. The monoisotopic (exact) mass is 389 g/mol. The number of nitrogens with two attached hydrogens (primary N) is 2. The number of nitrogens with one attached hydrogen (secondary N) is 1. The average molecular weight is 389 g/mol. The molecule has 2 aliphatic carbocycles. The summed E-state index contributed by atoms with van der Waals surface area (Å²) in [4.78, 5) is 25.4. The third-order valence-corrected chi connectivity index (χ3v) is 5.34. The Morgan fingerprint density at radius 2 is 2.00 bits per heavy atom. The Morgan fingerprint density at radius 3 is 2.71 bits per heavy atom. The molecule has 0 spiro atoms. The van der Waals surface area contributed by atoms with E-state index in [9.17, 15) is 9.59 Å². The van der Waals surface area contributed by atoms with Gasteiger partial charge < -0.3 is 30.7 Å². The molecule has 5 N–H and O–H groups in total. The smallest absolute Gasteiger partial charge is 0.329 e. The SMILES string of the molecule is CCOC(=O)[C@]1(N)CCCC[C@@]1(N)NC(=O)c1cc2c(o1)=CCC=C(OC)C=2. The maximum Gasteiger partial charge on any atom is 0.329 e. The lowest BCUT2D eigenvalue weighted by Gasteiger charge is -2.47. The zero-order valence-electron chi connectivity index (χ0n) is 16.2. The van der Waals surface area contributed by atoms with Crippen LogP contribution >= 0.6 is 0 Å². The zero-order valence-corrected chi connectivity index (χ0v) is 16.2. The minimum atomic E-state index is -1.50. The molecule has 1 heterocycles. The van der Waals surface area contributed by atoms with Gasteiger partial charge in [-0.3, -0.25) is 4.79 Å². The molecule has 0 unspecified atom stereocenters. The van der Waals surface area contributed by atoms with E-state index in [2.05, 4.69) is 5.32 Å². The molecule has 0 bridgehead atoms. The van der Waals surface area contributed by atoms with E-state index in [1.807, 2.05) is 12.2 Å². The number of rotatable bonds is 5. The Labute approximate surface area is 163 Å². The second kappa shape index (κ2) is 7.81. The molecule has 0 aliphatic heterocycles. The van der Waals surface area contributed by atoms with E-state index in [1.165, 1.54) is 0 Å². The number of esters is 1. The summed E-state index contributed by atoms with van der Waals surface area (Å²) in [6.45, 7) is 1.89. The van der Waals surface area contributed by atoms with Crippen LogP contribution in [0.1, 0.15) is 49.6 Å². The minimum absolute atomic E-state index is 0.0939. The number of ether oxygens (including phenoxy) is 2. The highest BCUT2D eigenvalue weighted by atomic mass is 16.5. The van der Waals surface area contributed by atoms with Crippen molar-refractivity contribution in [3.63, 3.8) is 0 Å². The molecule has 2 atom stereocenters. The molecule has 2 aliphatic rings. The van der Waals surface area contributed by atoms with Gasteiger partial charge in [0.1, 0.15) is 16.8 Å². The van der Waals surface area contributed by atoms with Crippen LogP contribution in [0.3, 0.4) is 0 Å². The van der Waals surface area contributed by atoms with Crippen molar-refractivity contribution in [3.05, 3.63) is 34.3 Å². The molecule has 1 aromatic heterocycles. The third-order valence-electron chi connectivity index (χ3n) is 5.34. The van der Waals surface area contributed by atoms with E-state index in [-0.39, 0.29) is 12.4 Å². The van der Waals surface area contributed by atoms with Gasteiger partial charge in [0.15, 0.2) is 11.3 Å². The van der Waals surface area contributed by atoms with Crippen molar-refractivity contribution >= 4 is 24.0 Å². The number of methoxy groups -OCH3 is 1. The fourth-order valence-corrected chi connectivity index (χ4v) is 3.68. The maximum atomic E-state index is 12.9. The highest BCUT2D eigenvalue weighted by Crippen LogP contribution is 2.33. The molecule has 3 rings (SSSR count). The van der Waals surface area contributed by atoms with E-state index in [1.54, 1.807) is 26.2 Å². The molecule has 1 saturated carbocycles. The maximum absolute atomic E-state index is 12.9. The van der Waals surface area contributed by atoms with Gasteiger partial charge >= 0.3 is 5.97 Å². The third kappa shape index (κ3) is 3.57. The summed E-state index contributed by atoms with van der Waals surface area (Å²) < 4.78 is 16.1. The van der Waals surface area contributed by atoms with Gasteiger partial charge in [-0.15, -0.1) is 0 Å². The van der Waals surface area contributed by atoms with Crippen molar-refractivity contribution in [2.75, 3.05) is 13.7 Å². The molecular weight excluding hydrogens is 362 g/mol. The highest BCUT2D eigenvalue weighted by Gasteiger charge is 2.55. The van der Waals surface area contributed by atoms with Gasteiger partial charge in [0.2, 0.25) is 0 Å². The summed E-state index contributed by atoms with van der Waals surface area (Å²) in [5.74, 6) is -0.351. The fourth-order valence-electron chi connectivity index (χ4n) is 3.68. The van der Waals surface area contributed by atoms with Gasteiger partial charge in [0.25, 0.3) is 5.91 Å². The Morgan fingerprint density at radius 1 is 1.25 bits per heavy atom. The topological polar surface area (TPSA) is 130 Å². The van der Waals surface area contributed by atoms with Crippen LogP contribution in [-0.4, -0.2) is 36.8 Å². The average Bonchev–Trinajstić information content (AvgIpc) is 2.96. The highest BCUT2D eigenvalue weighted by molar-refractivity contribution is 5.93. The summed E-state index contributed by atoms with van der Waals surface area (Å²) in [7, 11) is 1.58. The molecule has 0 aromatic carbocycles. The van der Waals surface area contributed by atoms with Crippen LogP contribution in [0, 0.1) is 0 Å². The summed E-state index contributed by atoms with van der Waals surface area (Å²) in [6.07, 6.45) is 8.36. The minimum Gasteiger partial charge on any atom is -0.497 e. The van der Waals surface area contributed by atoms with Crippen LogP contribution < -0.4 is 27.4 Å². The number of hydrogen-bond donors (Lipinski definition) is 3. The normalized spacial score (nSPS) is 26.6.